The Labute approximate surface area is 129 Å². The summed E-state index contributed by atoms with van der Waals surface area (Å²) in [5.74, 6) is 0.498. The van der Waals surface area contributed by atoms with Crippen LogP contribution >= 0.6 is 11.8 Å². The molecule has 1 aromatic carbocycles. The minimum Gasteiger partial charge on any atom is -0.481 e. The zero-order valence-electron chi connectivity index (χ0n) is 12.0. The van der Waals surface area contributed by atoms with Gasteiger partial charge in [-0.1, -0.05) is 0 Å². The van der Waals surface area contributed by atoms with Crippen molar-refractivity contribution < 1.29 is 17.9 Å². The molecule has 1 fully saturated rings. The number of nitrogens with one attached hydrogen (secondary N) is 1. The summed E-state index contributed by atoms with van der Waals surface area (Å²) in [5.41, 5.74) is 0. The van der Waals surface area contributed by atoms with Crippen molar-refractivity contribution in [3.63, 3.8) is 0 Å². The molecular formula is C14H19NO4S2. The topological polar surface area (TPSA) is 72.5 Å². The monoisotopic (exact) mass is 329 g/mol. The maximum absolute atomic E-state index is 12.0. The van der Waals surface area contributed by atoms with Crippen LogP contribution in [-0.4, -0.2) is 44.2 Å². The molecule has 0 unspecified atom stereocenters. The summed E-state index contributed by atoms with van der Waals surface area (Å²) in [7, 11) is -2.99. The largest absolute Gasteiger partial charge is 0.481 e. The van der Waals surface area contributed by atoms with E-state index in [1.54, 1.807) is 18.7 Å². The van der Waals surface area contributed by atoms with Crippen molar-refractivity contribution in [2.24, 2.45) is 0 Å². The number of sulfone groups is 1. The standard InChI is InChI=1S/C14H19NO4S2/c1-10(19-12-3-5-13(20-2)6-4-12)14(16)15-11-7-8-21(17,18)9-11/h3-6,10-11H,7-9H2,1-2H3,(H,15,16)/t10-,11+/m1/s1. The highest BCUT2D eigenvalue weighted by atomic mass is 32.2. The van der Waals surface area contributed by atoms with Gasteiger partial charge in [0, 0.05) is 10.9 Å². The third-order valence-electron chi connectivity index (χ3n) is 3.32. The van der Waals surface area contributed by atoms with Gasteiger partial charge in [0.05, 0.1) is 11.5 Å². The van der Waals surface area contributed by atoms with Crippen LogP contribution in [0, 0.1) is 0 Å². The molecule has 0 radical (unpaired) electrons. The highest BCUT2D eigenvalue weighted by molar-refractivity contribution is 7.98. The first-order valence-electron chi connectivity index (χ1n) is 6.71. The average Bonchev–Trinajstić information content (AvgIpc) is 2.78. The molecule has 0 aliphatic carbocycles. The van der Waals surface area contributed by atoms with Crippen LogP contribution in [0.25, 0.3) is 0 Å². The Kier molecular flexibility index (Phi) is 5.16. The first-order valence-corrected chi connectivity index (χ1v) is 9.76. The van der Waals surface area contributed by atoms with Gasteiger partial charge >= 0.3 is 0 Å². The third-order valence-corrected chi connectivity index (χ3v) is 5.83. The van der Waals surface area contributed by atoms with Crippen molar-refractivity contribution in [3.8, 4) is 5.75 Å². The number of hydrogen-bond acceptors (Lipinski definition) is 5. The van der Waals surface area contributed by atoms with Gasteiger partial charge in [-0.2, -0.15) is 0 Å². The van der Waals surface area contributed by atoms with Crippen molar-refractivity contribution >= 4 is 27.5 Å². The van der Waals surface area contributed by atoms with E-state index in [1.165, 1.54) is 0 Å². The van der Waals surface area contributed by atoms with Gasteiger partial charge in [-0.3, -0.25) is 4.79 Å². The minimum atomic E-state index is -2.99. The molecule has 0 aromatic heterocycles. The highest BCUT2D eigenvalue weighted by Gasteiger charge is 2.30. The van der Waals surface area contributed by atoms with E-state index in [1.807, 2.05) is 30.5 Å². The van der Waals surface area contributed by atoms with E-state index < -0.39 is 15.9 Å². The third kappa shape index (κ3) is 4.64. The summed E-state index contributed by atoms with van der Waals surface area (Å²) in [4.78, 5) is 13.1. The molecule has 1 saturated heterocycles. The summed E-state index contributed by atoms with van der Waals surface area (Å²) in [6.07, 6.45) is 1.80. The van der Waals surface area contributed by atoms with Crippen molar-refractivity contribution in [2.75, 3.05) is 17.8 Å². The van der Waals surface area contributed by atoms with Gasteiger partial charge in [0.15, 0.2) is 15.9 Å². The van der Waals surface area contributed by atoms with Gasteiger partial charge in [0.25, 0.3) is 5.91 Å². The number of ether oxygens (including phenoxy) is 1. The van der Waals surface area contributed by atoms with Crippen molar-refractivity contribution in [1.82, 2.24) is 5.32 Å². The fourth-order valence-corrected chi connectivity index (χ4v) is 4.22. The van der Waals surface area contributed by atoms with Crippen LogP contribution in [0.2, 0.25) is 0 Å². The maximum Gasteiger partial charge on any atom is 0.261 e. The molecule has 21 heavy (non-hydrogen) atoms. The molecule has 0 saturated carbocycles. The van der Waals surface area contributed by atoms with E-state index in [0.717, 1.165) is 4.90 Å². The molecule has 1 N–H and O–H groups in total. The van der Waals surface area contributed by atoms with Gasteiger partial charge in [-0.15, -0.1) is 11.8 Å². The molecular weight excluding hydrogens is 310 g/mol. The number of benzene rings is 1. The average molecular weight is 329 g/mol. The van der Waals surface area contributed by atoms with Crippen LogP contribution in [-0.2, 0) is 14.6 Å². The Morgan fingerprint density at radius 2 is 2.05 bits per heavy atom. The predicted octanol–water partition coefficient (Wildman–Crippen LogP) is 1.48. The predicted molar refractivity (Wildman–Crippen MR) is 83.5 cm³/mol. The number of thioether (sulfide) groups is 1. The van der Waals surface area contributed by atoms with Gasteiger partial charge in [-0.25, -0.2) is 8.42 Å². The van der Waals surface area contributed by atoms with Crippen LogP contribution in [0.1, 0.15) is 13.3 Å². The second-order valence-corrected chi connectivity index (χ2v) is 8.15. The Morgan fingerprint density at radius 1 is 1.38 bits per heavy atom. The highest BCUT2D eigenvalue weighted by Crippen LogP contribution is 2.20. The van der Waals surface area contributed by atoms with Crippen LogP contribution in [0.5, 0.6) is 5.75 Å². The number of rotatable bonds is 5. The molecule has 2 atom stereocenters. The normalized spacial score (nSPS) is 21.7. The van der Waals surface area contributed by atoms with Crippen LogP contribution in [0.4, 0.5) is 0 Å². The number of carbonyl (C=O) groups is 1. The molecule has 1 aliphatic heterocycles. The fraction of sp³-hybridized carbons (Fsp3) is 0.500. The number of amides is 1. The molecule has 1 aliphatic rings. The van der Waals surface area contributed by atoms with E-state index in [9.17, 15) is 13.2 Å². The summed E-state index contributed by atoms with van der Waals surface area (Å²) in [5, 5.41) is 2.73. The lowest BCUT2D eigenvalue weighted by atomic mass is 10.2. The van der Waals surface area contributed by atoms with E-state index >= 15 is 0 Å². The van der Waals surface area contributed by atoms with E-state index in [2.05, 4.69) is 5.32 Å². The van der Waals surface area contributed by atoms with Gasteiger partial charge in [0.1, 0.15) is 5.75 Å². The second-order valence-electron chi connectivity index (χ2n) is 5.04. The first kappa shape index (κ1) is 16.2. The fourth-order valence-electron chi connectivity index (χ4n) is 2.14. The molecule has 1 aromatic rings. The summed E-state index contributed by atoms with van der Waals surface area (Å²) in [6.45, 7) is 1.65. The summed E-state index contributed by atoms with van der Waals surface area (Å²) >= 11 is 1.63. The quantitative estimate of drug-likeness (QED) is 0.829. The van der Waals surface area contributed by atoms with Crippen LogP contribution in [0.3, 0.4) is 0 Å². The second kappa shape index (κ2) is 6.70. The van der Waals surface area contributed by atoms with Gasteiger partial charge in [-0.05, 0) is 43.9 Å². The Morgan fingerprint density at radius 3 is 2.57 bits per heavy atom. The van der Waals surface area contributed by atoms with E-state index in [-0.39, 0.29) is 23.5 Å². The van der Waals surface area contributed by atoms with Gasteiger partial charge in [0.2, 0.25) is 0 Å². The van der Waals surface area contributed by atoms with E-state index in [4.69, 9.17) is 4.74 Å². The number of hydrogen-bond donors (Lipinski definition) is 1. The Balaban J connectivity index is 1.87. The first-order chi connectivity index (χ1) is 9.89. The smallest absolute Gasteiger partial charge is 0.261 e. The maximum atomic E-state index is 12.0. The van der Waals surface area contributed by atoms with Crippen molar-refractivity contribution in [2.45, 2.75) is 30.4 Å². The molecule has 1 amide bonds. The lowest BCUT2D eigenvalue weighted by Crippen LogP contribution is -2.43. The minimum absolute atomic E-state index is 0.0217. The molecule has 5 nitrogen and oxygen atoms in total. The molecule has 7 heteroatoms. The van der Waals surface area contributed by atoms with Crippen LogP contribution < -0.4 is 10.1 Å². The lowest BCUT2D eigenvalue weighted by Gasteiger charge is -2.17. The lowest BCUT2D eigenvalue weighted by molar-refractivity contribution is -0.127. The molecule has 2 rings (SSSR count). The van der Waals surface area contributed by atoms with Crippen LogP contribution in [0.15, 0.2) is 29.2 Å². The SMILES string of the molecule is CSc1ccc(O[C@H](C)C(=O)N[C@H]2CCS(=O)(=O)C2)cc1. The molecule has 1 heterocycles. The molecule has 116 valence electrons. The van der Waals surface area contributed by atoms with Crippen molar-refractivity contribution in [3.05, 3.63) is 24.3 Å². The summed E-state index contributed by atoms with van der Waals surface area (Å²) < 4.78 is 28.3. The molecule has 0 spiro atoms. The zero-order valence-corrected chi connectivity index (χ0v) is 13.7. The van der Waals surface area contributed by atoms with Gasteiger partial charge < -0.3 is 10.1 Å². The zero-order chi connectivity index (χ0) is 15.5. The number of carbonyl (C=O) groups excluding carboxylic acids is 1. The van der Waals surface area contributed by atoms with Crippen molar-refractivity contribution in [1.29, 1.82) is 0 Å². The van der Waals surface area contributed by atoms with E-state index in [0.29, 0.717) is 12.2 Å². The molecule has 0 bridgehead atoms. The summed E-state index contributed by atoms with van der Waals surface area (Å²) in [6, 6.07) is 7.18. The Hall–Kier alpha value is -1.21. The Bertz CT molecular complexity index is 598.